The summed E-state index contributed by atoms with van der Waals surface area (Å²) in [6, 6.07) is 6.80. The van der Waals surface area contributed by atoms with E-state index in [4.69, 9.17) is 0 Å². The van der Waals surface area contributed by atoms with Gasteiger partial charge in [-0.15, -0.1) is 11.3 Å². The van der Waals surface area contributed by atoms with E-state index in [1.165, 1.54) is 21.0 Å². The molecule has 2 heterocycles. The summed E-state index contributed by atoms with van der Waals surface area (Å²) in [5.41, 5.74) is 2.46. The van der Waals surface area contributed by atoms with Crippen molar-refractivity contribution in [2.75, 3.05) is 5.32 Å². The fourth-order valence-corrected chi connectivity index (χ4v) is 3.02. The van der Waals surface area contributed by atoms with E-state index >= 15 is 0 Å². The Morgan fingerprint density at radius 1 is 1.22 bits per heavy atom. The van der Waals surface area contributed by atoms with Crippen molar-refractivity contribution >= 4 is 17.0 Å². The zero-order chi connectivity index (χ0) is 13.1. The molecule has 1 N–H and O–H groups in total. The minimum atomic E-state index is 0.457. The number of anilines is 1. The van der Waals surface area contributed by atoms with E-state index in [1.807, 2.05) is 29.8 Å². The third kappa shape index (κ3) is 2.91. The van der Waals surface area contributed by atoms with E-state index in [-0.39, 0.29) is 0 Å². The summed E-state index contributed by atoms with van der Waals surface area (Å²) >= 11 is 1.86. The maximum absolute atomic E-state index is 4.19. The molecule has 0 aliphatic heterocycles. The van der Waals surface area contributed by atoms with Crippen LogP contribution in [0.15, 0.2) is 30.6 Å². The van der Waals surface area contributed by atoms with Gasteiger partial charge in [-0.1, -0.05) is 19.9 Å². The van der Waals surface area contributed by atoms with E-state index in [1.54, 1.807) is 0 Å². The summed E-state index contributed by atoms with van der Waals surface area (Å²) in [6.07, 6.45) is 3.74. The van der Waals surface area contributed by atoms with E-state index in [9.17, 15) is 0 Å². The summed E-state index contributed by atoms with van der Waals surface area (Å²) in [7, 11) is 0. The molecule has 0 unspecified atom stereocenters. The van der Waals surface area contributed by atoms with Crippen LogP contribution in [0.2, 0.25) is 0 Å². The van der Waals surface area contributed by atoms with Crippen LogP contribution in [0.4, 0.5) is 5.69 Å². The highest BCUT2D eigenvalue weighted by atomic mass is 32.1. The van der Waals surface area contributed by atoms with Gasteiger partial charge in [0.2, 0.25) is 0 Å². The Kier molecular flexibility index (Phi) is 4.02. The Morgan fingerprint density at radius 3 is 2.56 bits per heavy atom. The molecular weight excluding hydrogens is 240 g/mol. The first-order chi connectivity index (χ1) is 8.58. The number of aromatic nitrogens is 1. The predicted molar refractivity (Wildman–Crippen MR) is 80.4 cm³/mol. The molecule has 2 aromatic heterocycles. The summed E-state index contributed by atoms with van der Waals surface area (Å²) in [6.45, 7) is 8.83. The Bertz CT molecular complexity index is 500. The zero-order valence-electron chi connectivity index (χ0n) is 11.4. The fraction of sp³-hybridized carbons (Fsp3) is 0.400. The van der Waals surface area contributed by atoms with Gasteiger partial charge >= 0.3 is 0 Å². The molecule has 0 fully saturated rings. The molecule has 0 saturated heterocycles. The normalized spacial score (nSPS) is 11.2. The molecule has 2 nitrogen and oxygen atoms in total. The van der Waals surface area contributed by atoms with Gasteiger partial charge in [-0.2, -0.15) is 0 Å². The lowest BCUT2D eigenvalue weighted by atomic mass is 10.1. The SMILES string of the molecule is CC(C)Nc1cc(-c2cccnc2)sc1C(C)C. The Morgan fingerprint density at radius 2 is 2.00 bits per heavy atom. The average molecular weight is 260 g/mol. The average Bonchev–Trinajstić information content (AvgIpc) is 2.73. The van der Waals surface area contributed by atoms with Crippen molar-refractivity contribution in [3.05, 3.63) is 35.5 Å². The highest BCUT2D eigenvalue weighted by molar-refractivity contribution is 7.16. The van der Waals surface area contributed by atoms with E-state index in [0.29, 0.717) is 12.0 Å². The molecule has 0 aliphatic carbocycles. The minimum Gasteiger partial charge on any atom is -0.382 e. The van der Waals surface area contributed by atoms with Crippen molar-refractivity contribution in [1.29, 1.82) is 0 Å². The highest BCUT2D eigenvalue weighted by Crippen LogP contribution is 2.38. The summed E-state index contributed by atoms with van der Waals surface area (Å²) in [4.78, 5) is 6.90. The standard InChI is InChI=1S/C15H20N2S/c1-10(2)15-13(17-11(3)4)8-14(18-15)12-6-5-7-16-9-12/h5-11,17H,1-4H3. The van der Waals surface area contributed by atoms with Crippen LogP contribution in [0.3, 0.4) is 0 Å². The number of rotatable bonds is 4. The van der Waals surface area contributed by atoms with E-state index in [0.717, 1.165) is 0 Å². The van der Waals surface area contributed by atoms with Crippen molar-refractivity contribution in [2.45, 2.75) is 39.7 Å². The molecule has 2 aromatic rings. The zero-order valence-corrected chi connectivity index (χ0v) is 12.2. The van der Waals surface area contributed by atoms with Crippen molar-refractivity contribution in [2.24, 2.45) is 0 Å². The lowest BCUT2D eigenvalue weighted by Gasteiger charge is -2.12. The maximum atomic E-state index is 4.19. The van der Waals surface area contributed by atoms with Crippen LogP contribution < -0.4 is 5.32 Å². The molecule has 0 atom stereocenters. The summed E-state index contributed by atoms with van der Waals surface area (Å²) in [5, 5.41) is 3.53. The van der Waals surface area contributed by atoms with E-state index < -0.39 is 0 Å². The Balaban J connectivity index is 2.39. The first kappa shape index (κ1) is 13.1. The van der Waals surface area contributed by atoms with Crippen LogP contribution in [-0.2, 0) is 0 Å². The fourth-order valence-electron chi connectivity index (χ4n) is 1.91. The van der Waals surface area contributed by atoms with Crippen molar-refractivity contribution in [3.63, 3.8) is 0 Å². The molecule has 18 heavy (non-hydrogen) atoms. The van der Waals surface area contributed by atoms with Crippen molar-refractivity contribution in [1.82, 2.24) is 4.98 Å². The Labute approximate surface area is 113 Å². The second kappa shape index (κ2) is 5.53. The molecule has 0 aliphatic rings. The second-order valence-corrected chi connectivity index (χ2v) is 6.17. The third-order valence-corrected chi connectivity index (χ3v) is 4.16. The van der Waals surface area contributed by atoms with Gasteiger partial charge in [0.15, 0.2) is 0 Å². The molecule has 0 bridgehead atoms. The maximum Gasteiger partial charge on any atom is 0.0492 e. The smallest absolute Gasteiger partial charge is 0.0492 e. The van der Waals surface area contributed by atoms with Crippen LogP contribution in [0.25, 0.3) is 10.4 Å². The number of hydrogen-bond acceptors (Lipinski definition) is 3. The minimum absolute atomic E-state index is 0.457. The summed E-state index contributed by atoms with van der Waals surface area (Å²) < 4.78 is 0. The number of thiophene rings is 1. The van der Waals surface area contributed by atoms with Crippen LogP contribution in [0, 0.1) is 0 Å². The summed E-state index contributed by atoms with van der Waals surface area (Å²) in [5.74, 6) is 0.543. The van der Waals surface area contributed by atoms with Gasteiger partial charge in [-0.05, 0) is 31.9 Å². The first-order valence-electron chi connectivity index (χ1n) is 6.38. The topological polar surface area (TPSA) is 24.9 Å². The quantitative estimate of drug-likeness (QED) is 0.857. The lowest BCUT2D eigenvalue weighted by Crippen LogP contribution is -2.10. The van der Waals surface area contributed by atoms with Gasteiger partial charge in [0, 0.05) is 39.4 Å². The van der Waals surface area contributed by atoms with Gasteiger partial charge < -0.3 is 5.32 Å². The number of hydrogen-bond donors (Lipinski definition) is 1. The predicted octanol–water partition coefficient (Wildman–Crippen LogP) is 4.75. The molecule has 2 rings (SSSR count). The molecular formula is C15H20N2S. The second-order valence-electron chi connectivity index (χ2n) is 5.08. The molecule has 0 saturated carbocycles. The van der Waals surface area contributed by atoms with Gasteiger partial charge in [0.25, 0.3) is 0 Å². The van der Waals surface area contributed by atoms with Crippen LogP contribution in [-0.4, -0.2) is 11.0 Å². The molecule has 0 aromatic carbocycles. The number of nitrogens with one attached hydrogen (secondary N) is 1. The van der Waals surface area contributed by atoms with Gasteiger partial charge in [0.05, 0.1) is 0 Å². The van der Waals surface area contributed by atoms with Crippen LogP contribution in [0.5, 0.6) is 0 Å². The molecule has 0 radical (unpaired) electrons. The lowest BCUT2D eigenvalue weighted by molar-refractivity contribution is 0.864. The first-order valence-corrected chi connectivity index (χ1v) is 7.20. The monoisotopic (exact) mass is 260 g/mol. The third-order valence-electron chi connectivity index (χ3n) is 2.68. The highest BCUT2D eigenvalue weighted by Gasteiger charge is 2.13. The molecule has 0 amide bonds. The molecule has 96 valence electrons. The van der Waals surface area contributed by atoms with Gasteiger partial charge in [-0.25, -0.2) is 0 Å². The van der Waals surface area contributed by atoms with Crippen LogP contribution >= 0.6 is 11.3 Å². The van der Waals surface area contributed by atoms with E-state index in [2.05, 4.69) is 50.1 Å². The largest absolute Gasteiger partial charge is 0.382 e. The van der Waals surface area contributed by atoms with Crippen LogP contribution in [0.1, 0.15) is 38.5 Å². The van der Waals surface area contributed by atoms with Crippen molar-refractivity contribution in [3.8, 4) is 10.4 Å². The van der Waals surface area contributed by atoms with Gasteiger partial charge in [0.1, 0.15) is 0 Å². The van der Waals surface area contributed by atoms with Gasteiger partial charge in [-0.3, -0.25) is 4.98 Å². The Hall–Kier alpha value is -1.35. The number of pyridine rings is 1. The van der Waals surface area contributed by atoms with Crippen molar-refractivity contribution < 1.29 is 0 Å². The molecule has 3 heteroatoms. The number of nitrogens with zero attached hydrogens (tertiary/aromatic N) is 1. The molecule has 0 spiro atoms.